The number of benzene rings is 2. The van der Waals surface area contributed by atoms with E-state index in [1.807, 2.05) is 26.8 Å². The van der Waals surface area contributed by atoms with Crippen LogP contribution in [0.3, 0.4) is 0 Å². The van der Waals surface area contributed by atoms with Crippen molar-refractivity contribution in [1.82, 2.24) is 0 Å². The van der Waals surface area contributed by atoms with Gasteiger partial charge in [0.1, 0.15) is 4.90 Å². The van der Waals surface area contributed by atoms with E-state index >= 15 is 0 Å². The first-order valence-electron chi connectivity index (χ1n) is 8.68. The van der Waals surface area contributed by atoms with Crippen LogP contribution in [0.25, 0.3) is 0 Å². The molecule has 1 aliphatic heterocycles. The molecule has 0 unspecified atom stereocenters. The molecule has 8 heteroatoms. The Kier molecular flexibility index (Phi) is 5.52. The molecule has 0 saturated carbocycles. The van der Waals surface area contributed by atoms with E-state index in [4.69, 9.17) is 23.2 Å². The molecule has 146 valence electrons. The quantitative estimate of drug-likeness (QED) is 0.716. The number of anilines is 2. The minimum atomic E-state index is -4.07. The van der Waals surface area contributed by atoms with Gasteiger partial charge in [0.25, 0.3) is 10.0 Å². The monoisotopic (exact) mass is 428 g/mol. The molecule has 0 aliphatic carbocycles. The molecule has 1 fully saturated rings. The smallest absolute Gasteiger partial charge is 0.265 e. The first-order chi connectivity index (χ1) is 12.6. The molecule has 2 aromatic rings. The molecule has 2 aromatic carbocycles. The lowest BCUT2D eigenvalue weighted by atomic mass is 10.0. The van der Waals surface area contributed by atoms with Crippen LogP contribution in [0.5, 0.6) is 5.75 Å². The van der Waals surface area contributed by atoms with Crippen molar-refractivity contribution in [2.24, 2.45) is 0 Å². The zero-order valence-electron chi connectivity index (χ0n) is 15.4. The Morgan fingerprint density at radius 2 is 1.67 bits per heavy atom. The molecular weight excluding hydrogens is 407 g/mol. The molecule has 1 aliphatic rings. The van der Waals surface area contributed by atoms with Gasteiger partial charge in [-0.05, 0) is 62.4 Å². The number of hydrogen-bond acceptors (Lipinski definition) is 4. The van der Waals surface area contributed by atoms with E-state index in [9.17, 15) is 13.5 Å². The van der Waals surface area contributed by atoms with Gasteiger partial charge in [0.15, 0.2) is 5.75 Å². The van der Waals surface area contributed by atoms with E-state index in [-0.39, 0.29) is 14.9 Å². The van der Waals surface area contributed by atoms with Gasteiger partial charge in [-0.3, -0.25) is 4.72 Å². The summed E-state index contributed by atoms with van der Waals surface area (Å²) < 4.78 is 28.5. The third-order valence-electron chi connectivity index (χ3n) is 4.87. The number of aromatic hydroxyl groups is 1. The van der Waals surface area contributed by atoms with Crippen molar-refractivity contribution in [2.75, 3.05) is 22.7 Å². The van der Waals surface area contributed by atoms with Crippen LogP contribution in [0.4, 0.5) is 11.4 Å². The predicted octanol–water partition coefficient (Wildman–Crippen LogP) is 5.03. The molecule has 0 radical (unpaired) electrons. The second-order valence-electron chi connectivity index (χ2n) is 6.89. The van der Waals surface area contributed by atoms with Crippen LogP contribution < -0.4 is 9.62 Å². The van der Waals surface area contributed by atoms with Crippen LogP contribution >= 0.6 is 23.2 Å². The van der Waals surface area contributed by atoms with Crippen molar-refractivity contribution < 1.29 is 13.5 Å². The number of phenolic OH excluding ortho intramolecular Hbond substituents is 1. The fourth-order valence-electron chi connectivity index (χ4n) is 3.70. The molecular formula is C19H22Cl2N2O3S. The van der Waals surface area contributed by atoms with Gasteiger partial charge >= 0.3 is 0 Å². The van der Waals surface area contributed by atoms with Crippen LogP contribution in [0.2, 0.25) is 10.0 Å². The number of halogens is 2. The average Bonchev–Trinajstić information content (AvgIpc) is 3.08. The number of sulfonamides is 1. The summed E-state index contributed by atoms with van der Waals surface area (Å²) in [7, 11) is -4.07. The molecule has 0 atom stereocenters. The van der Waals surface area contributed by atoms with E-state index < -0.39 is 15.8 Å². The first kappa shape index (κ1) is 20.1. The van der Waals surface area contributed by atoms with Crippen LogP contribution in [-0.4, -0.2) is 26.6 Å². The largest absolute Gasteiger partial charge is 0.505 e. The first-order valence-corrected chi connectivity index (χ1v) is 10.9. The van der Waals surface area contributed by atoms with Gasteiger partial charge in [-0.2, -0.15) is 0 Å². The topological polar surface area (TPSA) is 69.6 Å². The maximum absolute atomic E-state index is 12.9. The second-order valence-corrected chi connectivity index (χ2v) is 9.39. The zero-order chi connectivity index (χ0) is 19.9. The summed E-state index contributed by atoms with van der Waals surface area (Å²) >= 11 is 11.8. The van der Waals surface area contributed by atoms with Gasteiger partial charge in [-0.1, -0.05) is 29.3 Å². The van der Waals surface area contributed by atoms with Gasteiger partial charge in [-0.15, -0.1) is 0 Å². The third-order valence-corrected chi connectivity index (χ3v) is 6.74. The number of phenols is 1. The Balaban J connectivity index is 2.09. The standard InChI is InChI=1S/C19H22Cl2N2O3S/c1-11-8-12(2)18(23-6-4-5-7-23)13(3)17(11)22-27(25,26)16-10-14(20)9-15(21)19(16)24/h8-10,22,24H,4-7H2,1-3H3. The minimum absolute atomic E-state index is 0.113. The molecule has 2 N–H and O–H groups in total. The summed E-state index contributed by atoms with van der Waals surface area (Å²) in [5.41, 5.74) is 4.36. The summed E-state index contributed by atoms with van der Waals surface area (Å²) in [6, 6.07) is 4.46. The van der Waals surface area contributed by atoms with Gasteiger partial charge in [0.05, 0.1) is 10.7 Å². The van der Waals surface area contributed by atoms with Crippen LogP contribution in [-0.2, 0) is 10.0 Å². The van der Waals surface area contributed by atoms with Crippen LogP contribution in [0.15, 0.2) is 23.1 Å². The number of nitrogens with one attached hydrogen (secondary N) is 1. The van der Waals surface area contributed by atoms with Crippen molar-refractivity contribution in [1.29, 1.82) is 0 Å². The highest BCUT2D eigenvalue weighted by molar-refractivity contribution is 7.92. The molecule has 3 rings (SSSR count). The van der Waals surface area contributed by atoms with Gasteiger partial charge < -0.3 is 10.0 Å². The maximum atomic E-state index is 12.9. The van der Waals surface area contributed by atoms with Crippen molar-refractivity contribution in [3.05, 3.63) is 44.9 Å². The maximum Gasteiger partial charge on any atom is 0.265 e. The normalized spacial score (nSPS) is 14.6. The van der Waals surface area contributed by atoms with E-state index in [1.165, 1.54) is 12.1 Å². The van der Waals surface area contributed by atoms with Gasteiger partial charge in [-0.25, -0.2) is 8.42 Å². The summed E-state index contributed by atoms with van der Waals surface area (Å²) in [5.74, 6) is -0.518. The van der Waals surface area contributed by atoms with Gasteiger partial charge in [0.2, 0.25) is 0 Å². The van der Waals surface area contributed by atoms with E-state index in [0.717, 1.165) is 48.3 Å². The van der Waals surface area contributed by atoms with Gasteiger partial charge in [0, 0.05) is 23.8 Å². The molecule has 27 heavy (non-hydrogen) atoms. The Labute approximate surface area is 170 Å². The molecule has 1 heterocycles. The number of aryl methyl sites for hydroxylation is 2. The van der Waals surface area contributed by atoms with Crippen molar-refractivity contribution in [2.45, 2.75) is 38.5 Å². The molecule has 0 aromatic heterocycles. The van der Waals surface area contributed by atoms with E-state index in [2.05, 4.69) is 9.62 Å². The lowest BCUT2D eigenvalue weighted by Gasteiger charge is -2.26. The number of rotatable bonds is 4. The molecule has 5 nitrogen and oxygen atoms in total. The predicted molar refractivity (Wildman–Crippen MR) is 111 cm³/mol. The summed E-state index contributed by atoms with van der Waals surface area (Å²) in [4.78, 5) is 1.94. The fourth-order valence-corrected chi connectivity index (χ4v) is 5.65. The van der Waals surface area contributed by atoms with Crippen LogP contribution in [0.1, 0.15) is 29.5 Å². The minimum Gasteiger partial charge on any atom is -0.505 e. The summed E-state index contributed by atoms with van der Waals surface area (Å²) in [6.45, 7) is 7.73. The SMILES string of the molecule is Cc1cc(C)c(N2CCCC2)c(C)c1NS(=O)(=O)c1cc(Cl)cc(Cl)c1O. The molecule has 0 amide bonds. The second kappa shape index (κ2) is 7.41. The number of hydrogen-bond donors (Lipinski definition) is 2. The fraction of sp³-hybridized carbons (Fsp3) is 0.368. The third kappa shape index (κ3) is 3.84. The lowest BCUT2D eigenvalue weighted by Crippen LogP contribution is -2.22. The Morgan fingerprint density at radius 1 is 1.04 bits per heavy atom. The van der Waals surface area contributed by atoms with Crippen molar-refractivity contribution in [3.63, 3.8) is 0 Å². The zero-order valence-corrected chi connectivity index (χ0v) is 17.8. The Morgan fingerprint density at radius 3 is 2.30 bits per heavy atom. The molecule has 1 saturated heterocycles. The highest BCUT2D eigenvalue weighted by atomic mass is 35.5. The van der Waals surface area contributed by atoms with E-state index in [0.29, 0.717) is 5.69 Å². The van der Waals surface area contributed by atoms with Crippen LogP contribution in [0, 0.1) is 20.8 Å². The van der Waals surface area contributed by atoms with Crippen molar-refractivity contribution >= 4 is 44.6 Å². The van der Waals surface area contributed by atoms with Crippen molar-refractivity contribution in [3.8, 4) is 5.75 Å². The average molecular weight is 429 g/mol. The highest BCUT2D eigenvalue weighted by Crippen LogP contribution is 2.39. The number of nitrogens with zero attached hydrogens (tertiary/aromatic N) is 1. The summed E-state index contributed by atoms with van der Waals surface area (Å²) in [6.07, 6.45) is 2.26. The lowest BCUT2D eigenvalue weighted by molar-refractivity contribution is 0.459. The summed E-state index contributed by atoms with van der Waals surface area (Å²) in [5, 5.41) is 10.1. The molecule has 0 bridgehead atoms. The Bertz CT molecular complexity index is 1000. The molecule has 0 spiro atoms. The van der Waals surface area contributed by atoms with E-state index in [1.54, 1.807) is 0 Å². The Hall–Kier alpha value is -1.63. The highest BCUT2D eigenvalue weighted by Gasteiger charge is 2.25.